The molecule has 1 aliphatic heterocycles. The van der Waals surface area contributed by atoms with Gasteiger partial charge in [-0.2, -0.15) is 5.10 Å². The lowest BCUT2D eigenvalue weighted by molar-refractivity contribution is 0.0269. The third-order valence-electron chi connectivity index (χ3n) is 4.65. The van der Waals surface area contributed by atoms with Gasteiger partial charge in [-0.05, 0) is 42.5 Å². The molecule has 2 aliphatic rings. The molecule has 4 heteroatoms. The first-order valence-corrected chi connectivity index (χ1v) is 7.24. The van der Waals surface area contributed by atoms with Crippen LogP contribution >= 0.6 is 0 Å². The van der Waals surface area contributed by atoms with Crippen LogP contribution < -0.4 is 0 Å². The first-order chi connectivity index (χ1) is 9.83. The van der Waals surface area contributed by atoms with Crippen molar-refractivity contribution in [2.45, 2.75) is 25.3 Å². The minimum Gasteiger partial charge on any atom is -0.335 e. The molecular formula is C16H17N3O. The average molecular weight is 267 g/mol. The number of H-pyrrole nitrogens is 1. The Morgan fingerprint density at radius 1 is 1.20 bits per heavy atom. The van der Waals surface area contributed by atoms with Crippen LogP contribution in [0.2, 0.25) is 0 Å². The maximum atomic E-state index is 12.5. The second-order valence-electron chi connectivity index (χ2n) is 5.76. The number of benzene rings is 1. The lowest BCUT2D eigenvalue weighted by Gasteiger charge is -2.44. The smallest absolute Gasteiger partial charge is 0.254 e. The second kappa shape index (κ2) is 4.47. The summed E-state index contributed by atoms with van der Waals surface area (Å²) in [5.41, 5.74) is 2.82. The van der Waals surface area contributed by atoms with Gasteiger partial charge in [0, 0.05) is 24.3 Å². The van der Waals surface area contributed by atoms with E-state index in [2.05, 4.69) is 10.2 Å². The highest BCUT2D eigenvalue weighted by Gasteiger charge is 2.44. The maximum absolute atomic E-state index is 12.5. The largest absolute Gasteiger partial charge is 0.335 e. The number of rotatable bonds is 2. The molecule has 4 nitrogen and oxygen atoms in total. The van der Waals surface area contributed by atoms with Crippen LogP contribution in [-0.4, -0.2) is 33.6 Å². The Balaban J connectivity index is 1.53. The molecule has 0 bridgehead atoms. The van der Waals surface area contributed by atoms with E-state index in [9.17, 15) is 4.79 Å². The van der Waals surface area contributed by atoms with Crippen LogP contribution in [0.25, 0.3) is 11.3 Å². The van der Waals surface area contributed by atoms with E-state index in [-0.39, 0.29) is 5.91 Å². The summed E-state index contributed by atoms with van der Waals surface area (Å²) in [7, 11) is 0. The van der Waals surface area contributed by atoms with Crippen molar-refractivity contribution in [1.82, 2.24) is 15.1 Å². The number of nitrogens with zero attached hydrogens (tertiary/aromatic N) is 2. The highest BCUT2D eigenvalue weighted by Crippen LogP contribution is 2.39. The minimum absolute atomic E-state index is 0.185. The van der Waals surface area contributed by atoms with Crippen LogP contribution in [0, 0.1) is 5.92 Å². The number of aromatic nitrogens is 2. The molecule has 2 fully saturated rings. The third-order valence-corrected chi connectivity index (χ3v) is 4.65. The van der Waals surface area contributed by atoms with Gasteiger partial charge in [-0.3, -0.25) is 9.89 Å². The van der Waals surface area contributed by atoms with Crippen molar-refractivity contribution in [3.63, 3.8) is 0 Å². The molecule has 1 aromatic heterocycles. The topological polar surface area (TPSA) is 49.0 Å². The number of fused-ring (bicyclic) bond motifs is 1. The molecule has 0 spiro atoms. The first kappa shape index (κ1) is 11.7. The molecule has 20 heavy (non-hydrogen) atoms. The first-order valence-electron chi connectivity index (χ1n) is 7.24. The van der Waals surface area contributed by atoms with Gasteiger partial charge in [-0.25, -0.2) is 0 Å². The normalized spacial score (nSPS) is 24.3. The van der Waals surface area contributed by atoms with Crippen molar-refractivity contribution < 1.29 is 4.79 Å². The van der Waals surface area contributed by atoms with Crippen LogP contribution in [-0.2, 0) is 0 Å². The molecule has 1 N–H and O–H groups in total. The quantitative estimate of drug-likeness (QED) is 0.909. The fourth-order valence-electron chi connectivity index (χ4n) is 3.50. The van der Waals surface area contributed by atoms with Crippen molar-refractivity contribution in [3.8, 4) is 11.3 Å². The molecule has 4 rings (SSSR count). The maximum Gasteiger partial charge on any atom is 0.254 e. The zero-order chi connectivity index (χ0) is 13.5. The summed E-state index contributed by atoms with van der Waals surface area (Å²) in [6.07, 6.45) is 5.49. The van der Waals surface area contributed by atoms with Gasteiger partial charge in [0.2, 0.25) is 0 Å². The van der Waals surface area contributed by atoms with Crippen LogP contribution in [0.3, 0.4) is 0 Å². The zero-order valence-electron chi connectivity index (χ0n) is 11.2. The van der Waals surface area contributed by atoms with E-state index in [1.807, 2.05) is 35.2 Å². The lowest BCUT2D eigenvalue weighted by atomic mass is 9.91. The number of hydrogen-bond acceptors (Lipinski definition) is 2. The fourth-order valence-corrected chi connectivity index (χ4v) is 3.50. The highest BCUT2D eigenvalue weighted by molar-refractivity contribution is 5.95. The zero-order valence-corrected chi connectivity index (χ0v) is 11.2. The molecule has 2 atom stereocenters. The molecule has 1 aliphatic carbocycles. The van der Waals surface area contributed by atoms with Gasteiger partial charge in [-0.1, -0.05) is 18.6 Å². The van der Waals surface area contributed by atoms with Gasteiger partial charge < -0.3 is 4.90 Å². The van der Waals surface area contributed by atoms with Crippen LogP contribution in [0.1, 0.15) is 29.6 Å². The van der Waals surface area contributed by atoms with Crippen molar-refractivity contribution in [1.29, 1.82) is 0 Å². The molecule has 102 valence electrons. The van der Waals surface area contributed by atoms with Crippen LogP contribution in [0.4, 0.5) is 0 Å². The predicted octanol–water partition coefficient (Wildman–Crippen LogP) is 2.70. The second-order valence-corrected chi connectivity index (χ2v) is 5.76. The van der Waals surface area contributed by atoms with Gasteiger partial charge in [0.25, 0.3) is 5.91 Å². The van der Waals surface area contributed by atoms with E-state index in [1.54, 1.807) is 6.20 Å². The van der Waals surface area contributed by atoms with Gasteiger partial charge >= 0.3 is 0 Å². The molecule has 1 saturated carbocycles. The van der Waals surface area contributed by atoms with Crippen molar-refractivity contribution in [3.05, 3.63) is 42.1 Å². The average Bonchev–Trinajstić information content (AvgIpc) is 3.10. The Morgan fingerprint density at radius 2 is 2.05 bits per heavy atom. The summed E-state index contributed by atoms with van der Waals surface area (Å²) in [4.78, 5) is 14.5. The molecule has 2 heterocycles. The van der Waals surface area contributed by atoms with E-state index in [0.717, 1.165) is 29.3 Å². The number of likely N-dealkylation sites (tertiary alicyclic amines) is 1. The summed E-state index contributed by atoms with van der Waals surface area (Å²) >= 11 is 0. The van der Waals surface area contributed by atoms with E-state index in [1.165, 1.54) is 19.3 Å². The molecule has 1 saturated heterocycles. The molecule has 2 aromatic rings. The van der Waals surface area contributed by atoms with E-state index in [0.29, 0.717) is 6.04 Å². The Hall–Kier alpha value is -2.10. The summed E-state index contributed by atoms with van der Waals surface area (Å²) in [6.45, 7) is 0.950. The summed E-state index contributed by atoms with van der Waals surface area (Å²) in [5.74, 6) is 0.951. The standard InChI is InChI=1S/C16H17N3O/c20-16(19-10-13-2-1-3-15(13)19)12-6-4-11(5-7-12)14-8-9-17-18-14/h4-9,13,15H,1-3,10H2,(H,17,18)/t13-,15-/m0/s1. The van der Waals surface area contributed by atoms with E-state index in [4.69, 9.17) is 0 Å². The summed E-state index contributed by atoms with van der Waals surface area (Å²) in [6, 6.07) is 10.2. The van der Waals surface area contributed by atoms with Crippen LogP contribution in [0.15, 0.2) is 36.5 Å². The third kappa shape index (κ3) is 1.75. The fraction of sp³-hybridized carbons (Fsp3) is 0.375. The molecule has 1 amide bonds. The Bertz CT molecular complexity index is 618. The highest BCUT2D eigenvalue weighted by atomic mass is 16.2. The monoisotopic (exact) mass is 267 g/mol. The van der Waals surface area contributed by atoms with Gasteiger partial charge in [0.15, 0.2) is 0 Å². The number of carbonyl (C=O) groups is 1. The molecule has 1 aromatic carbocycles. The van der Waals surface area contributed by atoms with Crippen molar-refractivity contribution in [2.24, 2.45) is 5.92 Å². The Morgan fingerprint density at radius 3 is 2.75 bits per heavy atom. The Labute approximate surface area is 117 Å². The Kier molecular flexibility index (Phi) is 2.62. The number of carbonyl (C=O) groups excluding carboxylic acids is 1. The number of hydrogen-bond donors (Lipinski definition) is 1. The van der Waals surface area contributed by atoms with Crippen molar-refractivity contribution in [2.75, 3.05) is 6.54 Å². The molecule has 0 radical (unpaired) electrons. The van der Waals surface area contributed by atoms with Gasteiger partial charge in [-0.15, -0.1) is 0 Å². The van der Waals surface area contributed by atoms with Gasteiger partial charge in [0.05, 0.1) is 5.69 Å². The predicted molar refractivity (Wildman–Crippen MR) is 76.2 cm³/mol. The molecular weight excluding hydrogens is 250 g/mol. The van der Waals surface area contributed by atoms with Crippen molar-refractivity contribution >= 4 is 5.91 Å². The van der Waals surface area contributed by atoms with Crippen LogP contribution in [0.5, 0.6) is 0 Å². The number of nitrogens with one attached hydrogen (secondary N) is 1. The summed E-state index contributed by atoms with van der Waals surface area (Å²) in [5, 5.41) is 6.87. The number of amides is 1. The lowest BCUT2D eigenvalue weighted by Crippen LogP contribution is -2.55. The molecule has 0 unspecified atom stereocenters. The number of aromatic amines is 1. The van der Waals surface area contributed by atoms with E-state index >= 15 is 0 Å². The van der Waals surface area contributed by atoms with Gasteiger partial charge in [0.1, 0.15) is 0 Å². The summed E-state index contributed by atoms with van der Waals surface area (Å²) < 4.78 is 0. The van der Waals surface area contributed by atoms with E-state index < -0.39 is 0 Å². The SMILES string of the molecule is O=C(c1ccc(-c2ccn[nH]2)cc1)N1C[C@@H]2CCC[C@@H]21. The minimum atomic E-state index is 0.185.